The summed E-state index contributed by atoms with van der Waals surface area (Å²) in [7, 11) is 1.47. The summed E-state index contributed by atoms with van der Waals surface area (Å²) < 4.78 is 17.0. The Hall–Kier alpha value is -4.00. The predicted octanol–water partition coefficient (Wildman–Crippen LogP) is 4.72. The molecule has 1 heterocycles. The van der Waals surface area contributed by atoms with Gasteiger partial charge in [0.05, 0.1) is 0 Å². The number of carbonyl (C=O) groups excluding carboxylic acids is 1. The number of aliphatic carboxylic acids is 1. The number of fused-ring (bicyclic) bond motifs is 4. The van der Waals surface area contributed by atoms with E-state index < -0.39 is 18.1 Å². The SMILES string of the molecule is CN(C(=O)OCC1c2ccccc2-c2ccccc21)[C@@H](CCc1cccc2c1OCCO2)C(=O)O. The average Bonchev–Trinajstić information content (AvgIpc) is 3.21. The molecule has 1 aliphatic heterocycles. The van der Waals surface area contributed by atoms with E-state index in [-0.39, 0.29) is 18.9 Å². The number of hydrogen-bond acceptors (Lipinski definition) is 5. The van der Waals surface area contributed by atoms with Crippen molar-refractivity contribution in [3.8, 4) is 22.6 Å². The highest BCUT2D eigenvalue weighted by Gasteiger charge is 2.32. The molecule has 0 aromatic heterocycles. The van der Waals surface area contributed by atoms with Gasteiger partial charge in [-0.25, -0.2) is 9.59 Å². The number of carbonyl (C=O) groups is 2. The van der Waals surface area contributed by atoms with Gasteiger partial charge < -0.3 is 19.3 Å². The summed E-state index contributed by atoms with van der Waals surface area (Å²) >= 11 is 0. The molecule has 3 aromatic carbocycles. The van der Waals surface area contributed by atoms with Gasteiger partial charge in [0.15, 0.2) is 11.5 Å². The van der Waals surface area contributed by atoms with Gasteiger partial charge in [0.1, 0.15) is 25.9 Å². The Kier molecular flexibility index (Phi) is 6.31. The third kappa shape index (κ3) is 4.41. The van der Waals surface area contributed by atoms with Gasteiger partial charge in [-0.1, -0.05) is 60.7 Å². The maximum absolute atomic E-state index is 12.9. The number of aryl methyl sites for hydroxylation is 1. The molecule has 3 aromatic rings. The second kappa shape index (κ2) is 9.70. The van der Waals surface area contributed by atoms with Crippen LogP contribution in [0, 0.1) is 0 Å². The number of amides is 1. The van der Waals surface area contributed by atoms with E-state index in [4.69, 9.17) is 14.2 Å². The summed E-state index contributed by atoms with van der Waals surface area (Å²) in [4.78, 5) is 26.1. The Bertz CT molecular complexity index is 1210. The van der Waals surface area contributed by atoms with Crippen LogP contribution >= 0.6 is 0 Å². The summed E-state index contributed by atoms with van der Waals surface area (Å²) in [5.41, 5.74) is 5.34. The van der Waals surface area contributed by atoms with Crippen molar-refractivity contribution in [3.63, 3.8) is 0 Å². The molecule has 0 saturated heterocycles. The normalized spacial score (nSPS) is 14.5. The lowest BCUT2D eigenvalue weighted by Crippen LogP contribution is -2.43. The monoisotopic (exact) mass is 473 g/mol. The molecule has 1 atom stereocenters. The molecule has 180 valence electrons. The van der Waals surface area contributed by atoms with Crippen LogP contribution in [0.15, 0.2) is 66.7 Å². The number of nitrogens with zero attached hydrogens (tertiary/aromatic N) is 1. The van der Waals surface area contributed by atoms with Crippen LogP contribution in [0.2, 0.25) is 0 Å². The highest BCUT2D eigenvalue weighted by atomic mass is 16.6. The maximum atomic E-state index is 12.9. The quantitative estimate of drug-likeness (QED) is 0.534. The first-order chi connectivity index (χ1) is 17.0. The van der Waals surface area contributed by atoms with E-state index >= 15 is 0 Å². The number of para-hydroxylation sites is 1. The topological polar surface area (TPSA) is 85.3 Å². The molecule has 0 unspecified atom stereocenters. The minimum absolute atomic E-state index is 0.0870. The van der Waals surface area contributed by atoms with Crippen molar-refractivity contribution in [2.24, 2.45) is 0 Å². The molecule has 0 radical (unpaired) electrons. The smallest absolute Gasteiger partial charge is 0.410 e. The van der Waals surface area contributed by atoms with Crippen molar-refractivity contribution in [2.45, 2.75) is 24.8 Å². The van der Waals surface area contributed by atoms with Crippen LogP contribution in [0.3, 0.4) is 0 Å². The Balaban J connectivity index is 1.26. The van der Waals surface area contributed by atoms with Gasteiger partial charge in [0.25, 0.3) is 0 Å². The number of carboxylic acids is 1. The van der Waals surface area contributed by atoms with Crippen molar-refractivity contribution in [1.82, 2.24) is 4.90 Å². The second-order valence-corrected chi connectivity index (χ2v) is 8.75. The van der Waals surface area contributed by atoms with E-state index in [2.05, 4.69) is 12.1 Å². The molecule has 1 aliphatic carbocycles. The first kappa shape index (κ1) is 22.8. The van der Waals surface area contributed by atoms with Crippen LogP contribution in [-0.2, 0) is 16.0 Å². The van der Waals surface area contributed by atoms with Gasteiger partial charge in [0, 0.05) is 13.0 Å². The fourth-order valence-electron chi connectivity index (χ4n) is 4.93. The largest absolute Gasteiger partial charge is 0.486 e. The molecule has 1 amide bonds. The zero-order chi connectivity index (χ0) is 24.4. The average molecular weight is 474 g/mol. The molecule has 2 aliphatic rings. The molecule has 0 fully saturated rings. The third-order valence-corrected chi connectivity index (χ3v) is 6.71. The number of benzene rings is 3. The summed E-state index contributed by atoms with van der Waals surface area (Å²) in [6, 6.07) is 20.7. The van der Waals surface area contributed by atoms with Gasteiger partial charge in [0.2, 0.25) is 0 Å². The van der Waals surface area contributed by atoms with Crippen LogP contribution in [-0.4, -0.2) is 55.0 Å². The molecular weight excluding hydrogens is 446 g/mol. The predicted molar refractivity (Wildman–Crippen MR) is 130 cm³/mol. The van der Waals surface area contributed by atoms with Crippen LogP contribution in [0.5, 0.6) is 11.5 Å². The van der Waals surface area contributed by atoms with Crippen molar-refractivity contribution < 1.29 is 28.9 Å². The van der Waals surface area contributed by atoms with Crippen LogP contribution in [0.25, 0.3) is 11.1 Å². The molecule has 0 bridgehead atoms. The van der Waals surface area contributed by atoms with E-state index in [0.717, 1.165) is 27.8 Å². The highest BCUT2D eigenvalue weighted by molar-refractivity contribution is 5.81. The Morgan fingerprint density at radius 1 is 0.971 bits per heavy atom. The summed E-state index contributed by atoms with van der Waals surface area (Å²) in [5.74, 6) is 0.135. The lowest BCUT2D eigenvalue weighted by atomic mass is 9.98. The van der Waals surface area contributed by atoms with Crippen molar-refractivity contribution in [2.75, 3.05) is 26.9 Å². The second-order valence-electron chi connectivity index (χ2n) is 8.75. The molecule has 7 heteroatoms. The van der Waals surface area contributed by atoms with Crippen molar-refractivity contribution in [1.29, 1.82) is 0 Å². The molecule has 7 nitrogen and oxygen atoms in total. The van der Waals surface area contributed by atoms with Crippen molar-refractivity contribution >= 4 is 12.1 Å². The van der Waals surface area contributed by atoms with E-state index in [1.54, 1.807) is 0 Å². The minimum atomic E-state index is -1.08. The van der Waals surface area contributed by atoms with Crippen LogP contribution in [0.1, 0.15) is 29.0 Å². The highest BCUT2D eigenvalue weighted by Crippen LogP contribution is 2.44. The van der Waals surface area contributed by atoms with Crippen molar-refractivity contribution in [3.05, 3.63) is 83.4 Å². The fourth-order valence-corrected chi connectivity index (χ4v) is 4.93. The number of ether oxygens (including phenoxy) is 3. The Morgan fingerprint density at radius 3 is 2.31 bits per heavy atom. The van der Waals surface area contributed by atoms with Gasteiger partial charge in [-0.05, 0) is 46.7 Å². The summed E-state index contributed by atoms with van der Waals surface area (Å²) in [6.07, 6.45) is -0.0192. The van der Waals surface area contributed by atoms with E-state index in [0.29, 0.717) is 31.1 Å². The molecule has 0 spiro atoms. The standard InChI is InChI=1S/C28H27NO6/c1-29(24(27(30)31)14-13-18-7-6-12-25-26(18)34-16-15-33-25)28(32)35-17-23-21-10-4-2-8-19(21)20-9-3-5-11-22(20)23/h2-12,23-24H,13-17H2,1H3,(H,30,31)/t24-/m0/s1. The van der Waals surface area contributed by atoms with E-state index in [1.807, 2.05) is 54.6 Å². The number of hydrogen-bond donors (Lipinski definition) is 1. The molecule has 1 N–H and O–H groups in total. The van der Waals surface area contributed by atoms with E-state index in [9.17, 15) is 14.7 Å². The first-order valence-corrected chi connectivity index (χ1v) is 11.7. The maximum Gasteiger partial charge on any atom is 0.410 e. The lowest BCUT2D eigenvalue weighted by Gasteiger charge is -2.26. The number of rotatable bonds is 7. The van der Waals surface area contributed by atoms with Gasteiger partial charge in [-0.3, -0.25) is 4.90 Å². The lowest BCUT2D eigenvalue weighted by molar-refractivity contribution is -0.142. The zero-order valence-electron chi connectivity index (χ0n) is 19.5. The zero-order valence-corrected chi connectivity index (χ0v) is 19.5. The van der Waals surface area contributed by atoms with Crippen LogP contribution < -0.4 is 9.47 Å². The molecular formula is C28H27NO6. The van der Waals surface area contributed by atoms with Gasteiger partial charge in [-0.15, -0.1) is 0 Å². The molecule has 5 rings (SSSR count). The van der Waals surface area contributed by atoms with Gasteiger partial charge in [-0.2, -0.15) is 0 Å². The van der Waals surface area contributed by atoms with Gasteiger partial charge >= 0.3 is 12.1 Å². The summed E-state index contributed by atoms with van der Waals surface area (Å²) in [6.45, 7) is 1.08. The van der Waals surface area contributed by atoms with E-state index in [1.165, 1.54) is 11.9 Å². The molecule has 0 saturated carbocycles. The Labute approximate surface area is 203 Å². The fraction of sp³-hybridized carbons (Fsp3) is 0.286. The summed E-state index contributed by atoms with van der Waals surface area (Å²) in [5, 5.41) is 9.84. The number of likely N-dealkylation sites (N-methyl/N-ethyl adjacent to an activating group) is 1. The first-order valence-electron chi connectivity index (χ1n) is 11.7. The minimum Gasteiger partial charge on any atom is -0.486 e. The third-order valence-electron chi connectivity index (χ3n) is 6.71. The van der Waals surface area contributed by atoms with Crippen LogP contribution in [0.4, 0.5) is 4.79 Å². The Morgan fingerprint density at radius 2 is 1.63 bits per heavy atom. The molecule has 35 heavy (non-hydrogen) atoms. The number of carboxylic acid groups (broad SMARTS) is 1.